The molecule has 0 spiro atoms. The third-order valence-electron chi connectivity index (χ3n) is 2.73. The van der Waals surface area contributed by atoms with Crippen molar-refractivity contribution in [1.29, 1.82) is 5.26 Å². The van der Waals surface area contributed by atoms with Crippen molar-refractivity contribution in [2.45, 2.75) is 4.90 Å². The molecule has 1 N–H and O–H groups in total. The zero-order valence-electron chi connectivity index (χ0n) is 9.83. The van der Waals surface area contributed by atoms with Gasteiger partial charge in [0.2, 0.25) is 0 Å². The van der Waals surface area contributed by atoms with E-state index in [2.05, 4.69) is 11.4 Å². The summed E-state index contributed by atoms with van der Waals surface area (Å²) in [5.74, 6) is 0. The van der Waals surface area contributed by atoms with E-state index in [0.29, 0.717) is 5.56 Å². The minimum atomic E-state index is -0.187. The largest absolute Gasteiger partial charge is 0.336 e. The lowest BCUT2D eigenvalue weighted by atomic mass is 10.2. The van der Waals surface area contributed by atoms with Gasteiger partial charge < -0.3 is 5.32 Å². The number of benzene rings is 2. The van der Waals surface area contributed by atoms with Gasteiger partial charge in [0.1, 0.15) is 0 Å². The molecule has 0 saturated carbocycles. The molecule has 2 amide bonds. The van der Waals surface area contributed by atoms with Crippen molar-refractivity contribution in [3.05, 3.63) is 54.1 Å². The van der Waals surface area contributed by atoms with Gasteiger partial charge >= 0.3 is 6.03 Å². The van der Waals surface area contributed by atoms with Crippen LogP contribution in [0.5, 0.6) is 0 Å². The minimum Gasteiger partial charge on any atom is -0.306 e. The number of hydrogen-bond acceptors (Lipinski definition) is 3. The van der Waals surface area contributed by atoms with Crippen LogP contribution in [-0.4, -0.2) is 6.03 Å². The quantitative estimate of drug-likeness (QED) is 0.803. The van der Waals surface area contributed by atoms with Crippen molar-refractivity contribution in [3.8, 4) is 6.07 Å². The van der Waals surface area contributed by atoms with Crippen LogP contribution in [0.1, 0.15) is 5.56 Å². The van der Waals surface area contributed by atoms with Crippen molar-refractivity contribution in [1.82, 2.24) is 0 Å². The number of nitrogens with zero attached hydrogens (tertiary/aromatic N) is 2. The second-order valence-electron chi connectivity index (χ2n) is 3.97. The maximum atomic E-state index is 12.0. The highest BCUT2D eigenvalue weighted by atomic mass is 32.2. The summed E-state index contributed by atoms with van der Waals surface area (Å²) < 4.78 is 1.57. The van der Waals surface area contributed by atoms with E-state index in [0.717, 1.165) is 16.3 Å². The number of amides is 2. The molecule has 19 heavy (non-hydrogen) atoms. The number of anilines is 2. The molecule has 5 heteroatoms. The number of rotatable bonds is 1. The topological polar surface area (TPSA) is 56.1 Å². The Hall–Kier alpha value is -2.45. The monoisotopic (exact) mass is 267 g/mol. The molecule has 2 aromatic rings. The van der Waals surface area contributed by atoms with Crippen LogP contribution >= 0.6 is 11.9 Å². The predicted molar refractivity (Wildman–Crippen MR) is 75.0 cm³/mol. The first-order valence-electron chi connectivity index (χ1n) is 5.66. The lowest BCUT2D eigenvalue weighted by Gasteiger charge is -2.27. The molecule has 0 bridgehead atoms. The van der Waals surface area contributed by atoms with Crippen LogP contribution in [0.3, 0.4) is 0 Å². The number of nitrogens with one attached hydrogen (secondary N) is 1. The second kappa shape index (κ2) is 4.67. The molecule has 0 unspecified atom stereocenters. The molecule has 1 heterocycles. The summed E-state index contributed by atoms with van der Waals surface area (Å²) in [7, 11) is 0. The SMILES string of the molecule is N#Cc1ccc(N2Sc3ccccc3NC2=O)cc1. The van der Waals surface area contributed by atoms with E-state index < -0.39 is 0 Å². The zero-order valence-corrected chi connectivity index (χ0v) is 10.6. The van der Waals surface area contributed by atoms with Gasteiger partial charge in [-0.15, -0.1) is 0 Å². The first kappa shape index (κ1) is 11.6. The van der Waals surface area contributed by atoms with E-state index in [1.165, 1.54) is 11.9 Å². The maximum Gasteiger partial charge on any atom is 0.336 e. The number of para-hydroxylation sites is 1. The van der Waals surface area contributed by atoms with E-state index in [1.807, 2.05) is 24.3 Å². The van der Waals surface area contributed by atoms with Crippen LogP contribution in [0.25, 0.3) is 0 Å². The molecular formula is C14H9N3OS. The van der Waals surface area contributed by atoms with Crippen molar-refractivity contribution in [3.63, 3.8) is 0 Å². The number of carbonyl (C=O) groups is 1. The van der Waals surface area contributed by atoms with Crippen LogP contribution < -0.4 is 9.62 Å². The molecule has 3 rings (SSSR count). The summed E-state index contributed by atoms with van der Waals surface area (Å²) >= 11 is 1.37. The highest BCUT2D eigenvalue weighted by Crippen LogP contribution is 2.37. The van der Waals surface area contributed by atoms with Crippen molar-refractivity contribution in [2.24, 2.45) is 0 Å². The number of urea groups is 1. The van der Waals surface area contributed by atoms with Crippen molar-refractivity contribution in [2.75, 3.05) is 9.62 Å². The van der Waals surface area contributed by atoms with Gasteiger partial charge in [-0.3, -0.25) is 0 Å². The molecule has 1 aliphatic heterocycles. The first-order chi connectivity index (χ1) is 9.28. The van der Waals surface area contributed by atoms with Crippen LogP contribution in [0.2, 0.25) is 0 Å². The van der Waals surface area contributed by atoms with Crippen LogP contribution in [0.4, 0.5) is 16.2 Å². The minimum absolute atomic E-state index is 0.187. The fourth-order valence-electron chi connectivity index (χ4n) is 1.80. The summed E-state index contributed by atoms with van der Waals surface area (Å²) in [5, 5.41) is 11.6. The maximum absolute atomic E-state index is 12.0. The van der Waals surface area contributed by atoms with Crippen molar-refractivity contribution >= 4 is 29.4 Å². The lowest BCUT2D eigenvalue weighted by molar-refractivity contribution is 0.260. The van der Waals surface area contributed by atoms with E-state index in [4.69, 9.17) is 5.26 Å². The van der Waals surface area contributed by atoms with E-state index in [1.54, 1.807) is 28.6 Å². The first-order valence-corrected chi connectivity index (χ1v) is 6.43. The average Bonchev–Trinajstić information content (AvgIpc) is 2.47. The lowest BCUT2D eigenvalue weighted by Crippen LogP contribution is -2.32. The van der Waals surface area contributed by atoms with Gasteiger partial charge in [-0.1, -0.05) is 12.1 Å². The van der Waals surface area contributed by atoms with Gasteiger partial charge in [0, 0.05) is 0 Å². The Kier molecular flexibility index (Phi) is 2.86. The van der Waals surface area contributed by atoms with Gasteiger partial charge in [-0.2, -0.15) is 5.26 Å². The van der Waals surface area contributed by atoms with Gasteiger partial charge in [0.15, 0.2) is 0 Å². The van der Waals surface area contributed by atoms with Crippen LogP contribution in [-0.2, 0) is 0 Å². The fourth-order valence-corrected chi connectivity index (χ4v) is 2.71. The standard InChI is InChI=1S/C14H9N3OS/c15-9-10-5-7-11(8-6-10)17-14(18)16-12-3-1-2-4-13(12)19-17/h1-8H,(H,16,18). The second-order valence-corrected chi connectivity index (χ2v) is 4.96. The highest BCUT2D eigenvalue weighted by Gasteiger charge is 2.24. The van der Waals surface area contributed by atoms with Crippen LogP contribution in [0.15, 0.2) is 53.4 Å². The molecular weight excluding hydrogens is 258 g/mol. The molecule has 0 radical (unpaired) electrons. The molecule has 0 saturated heterocycles. The normalized spacial score (nSPS) is 13.4. The van der Waals surface area contributed by atoms with Gasteiger partial charge in [-0.05, 0) is 48.3 Å². The average molecular weight is 267 g/mol. The van der Waals surface area contributed by atoms with Crippen LogP contribution in [0, 0.1) is 11.3 Å². The summed E-state index contributed by atoms with van der Waals surface area (Å²) in [6.07, 6.45) is 0. The summed E-state index contributed by atoms with van der Waals surface area (Å²) in [5.41, 5.74) is 2.14. The number of hydrogen-bond donors (Lipinski definition) is 1. The molecule has 4 nitrogen and oxygen atoms in total. The third-order valence-corrected chi connectivity index (χ3v) is 3.85. The Morgan fingerprint density at radius 1 is 1.11 bits per heavy atom. The molecule has 0 atom stereocenters. The molecule has 92 valence electrons. The number of carbonyl (C=O) groups excluding carboxylic acids is 1. The molecule has 0 aromatic heterocycles. The van der Waals surface area contributed by atoms with E-state index >= 15 is 0 Å². The Morgan fingerprint density at radius 2 is 1.84 bits per heavy atom. The number of nitriles is 1. The van der Waals surface area contributed by atoms with Gasteiger partial charge in [0.05, 0.1) is 27.9 Å². The van der Waals surface area contributed by atoms with Crippen molar-refractivity contribution < 1.29 is 4.79 Å². The van der Waals surface area contributed by atoms with Gasteiger partial charge in [-0.25, -0.2) is 9.10 Å². The fraction of sp³-hybridized carbons (Fsp3) is 0. The molecule has 0 aliphatic carbocycles. The number of fused-ring (bicyclic) bond motifs is 1. The predicted octanol–water partition coefficient (Wildman–Crippen LogP) is 3.62. The Balaban J connectivity index is 1.94. The van der Waals surface area contributed by atoms with E-state index in [-0.39, 0.29) is 6.03 Å². The molecule has 2 aromatic carbocycles. The Labute approximate surface area is 114 Å². The molecule has 1 aliphatic rings. The molecule has 0 fully saturated rings. The Morgan fingerprint density at radius 3 is 2.58 bits per heavy atom. The Bertz CT molecular complexity index is 676. The third kappa shape index (κ3) is 2.14. The van der Waals surface area contributed by atoms with E-state index in [9.17, 15) is 4.79 Å². The summed E-state index contributed by atoms with van der Waals surface area (Å²) in [6.45, 7) is 0. The zero-order chi connectivity index (χ0) is 13.2. The van der Waals surface area contributed by atoms with Gasteiger partial charge in [0.25, 0.3) is 0 Å². The summed E-state index contributed by atoms with van der Waals surface area (Å²) in [4.78, 5) is 13.0. The smallest absolute Gasteiger partial charge is 0.306 e. The highest BCUT2D eigenvalue weighted by molar-refractivity contribution is 8.01. The summed E-state index contributed by atoms with van der Waals surface area (Å²) in [6, 6.07) is 16.4.